The van der Waals surface area contributed by atoms with Gasteiger partial charge in [-0.05, 0) is 49.3 Å². The fraction of sp³-hybridized carbons (Fsp3) is 0.562. The molecule has 0 saturated carbocycles. The van der Waals surface area contributed by atoms with E-state index in [1.165, 1.54) is 21.8 Å². The van der Waals surface area contributed by atoms with Crippen LogP contribution in [-0.4, -0.2) is 41.2 Å². The number of hydrogen-bond acceptors (Lipinski definition) is 3. The molecule has 1 aliphatic heterocycles. The number of carbonyl (C=O) groups is 1. The van der Waals surface area contributed by atoms with E-state index in [4.69, 9.17) is 0 Å². The minimum absolute atomic E-state index is 0.286. The van der Waals surface area contributed by atoms with E-state index >= 15 is 0 Å². The minimum Gasteiger partial charge on any atom is -0.342 e. The van der Waals surface area contributed by atoms with Crippen molar-refractivity contribution < 1.29 is 4.79 Å². The summed E-state index contributed by atoms with van der Waals surface area (Å²) in [5.74, 6) is 3.45. The summed E-state index contributed by atoms with van der Waals surface area (Å²) in [6.45, 7) is 4.26. The van der Waals surface area contributed by atoms with Gasteiger partial charge in [0.05, 0.1) is 0 Å². The van der Waals surface area contributed by atoms with Crippen LogP contribution in [0.4, 0.5) is 0 Å². The van der Waals surface area contributed by atoms with Gasteiger partial charge >= 0.3 is 0 Å². The number of thioether (sulfide) groups is 2. The molecular weight excluding hydrogens is 286 g/mol. The summed E-state index contributed by atoms with van der Waals surface area (Å²) in [5, 5.41) is 0. The molecule has 110 valence electrons. The van der Waals surface area contributed by atoms with Crippen molar-refractivity contribution in [1.29, 1.82) is 0 Å². The highest BCUT2D eigenvalue weighted by Crippen LogP contribution is 2.24. The second-order valence-corrected chi connectivity index (χ2v) is 7.68. The molecule has 1 heterocycles. The maximum Gasteiger partial charge on any atom is 0.223 e. The molecule has 0 aliphatic carbocycles. The van der Waals surface area contributed by atoms with E-state index in [1.807, 2.05) is 23.7 Å². The molecule has 1 aliphatic rings. The Balaban J connectivity index is 1.77. The molecule has 0 radical (unpaired) electrons. The average molecular weight is 310 g/mol. The second kappa shape index (κ2) is 7.41. The summed E-state index contributed by atoms with van der Waals surface area (Å²) < 4.78 is 0. The van der Waals surface area contributed by atoms with Gasteiger partial charge in [0, 0.05) is 35.9 Å². The van der Waals surface area contributed by atoms with Crippen LogP contribution >= 0.6 is 23.5 Å². The number of nitrogens with zero attached hydrogens (tertiary/aromatic N) is 1. The normalized spacial score (nSPS) is 18.2. The molecule has 0 bridgehead atoms. The third-order valence-corrected chi connectivity index (χ3v) is 6.05. The van der Waals surface area contributed by atoms with Gasteiger partial charge in [0.1, 0.15) is 0 Å². The molecule has 2 nitrogen and oxygen atoms in total. The fourth-order valence-electron chi connectivity index (χ4n) is 2.27. The summed E-state index contributed by atoms with van der Waals surface area (Å²) in [6, 6.07) is 6.97. The Morgan fingerprint density at radius 3 is 2.85 bits per heavy atom. The average Bonchev–Trinajstić information content (AvgIpc) is 2.96. The highest BCUT2D eigenvalue weighted by Gasteiger charge is 2.23. The van der Waals surface area contributed by atoms with Crippen LogP contribution in [0.2, 0.25) is 0 Å². The highest BCUT2D eigenvalue weighted by molar-refractivity contribution is 7.99. The van der Waals surface area contributed by atoms with E-state index in [2.05, 4.69) is 32.0 Å². The lowest BCUT2D eigenvalue weighted by Gasteiger charge is -2.23. The molecule has 1 fully saturated rings. The van der Waals surface area contributed by atoms with Gasteiger partial charge in [0.2, 0.25) is 5.91 Å². The van der Waals surface area contributed by atoms with Crippen molar-refractivity contribution in [3.8, 4) is 0 Å². The van der Waals surface area contributed by atoms with E-state index < -0.39 is 0 Å². The first-order valence-corrected chi connectivity index (χ1v) is 9.25. The minimum atomic E-state index is 0.286. The number of rotatable bonds is 5. The predicted octanol–water partition coefficient (Wildman–Crippen LogP) is 3.75. The topological polar surface area (TPSA) is 20.3 Å². The zero-order valence-corrected chi connectivity index (χ0v) is 14.1. The van der Waals surface area contributed by atoms with Crippen LogP contribution in [0.5, 0.6) is 0 Å². The van der Waals surface area contributed by atoms with Gasteiger partial charge in [0.15, 0.2) is 0 Å². The Labute approximate surface area is 130 Å². The van der Waals surface area contributed by atoms with Gasteiger partial charge < -0.3 is 4.90 Å². The summed E-state index contributed by atoms with van der Waals surface area (Å²) >= 11 is 3.73. The van der Waals surface area contributed by atoms with E-state index in [0.29, 0.717) is 12.5 Å². The SMILES string of the molecule is Cc1ccc(SCCC(=O)N(C)C2CCSC2)cc1C. The van der Waals surface area contributed by atoms with Crippen LogP contribution in [0.1, 0.15) is 24.0 Å². The smallest absolute Gasteiger partial charge is 0.223 e. The fourth-order valence-corrected chi connectivity index (χ4v) is 4.47. The molecule has 1 amide bonds. The quantitative estimate of drug-likeness (QED) is 0.773. The van der Waals surface area contributed by atoms with Crippen molar-refractivity contribution in [2.75, 3.05) is 24.3 Å². The predicted molar refractivity (Wildman–Crippen MR) is 89.8 cm³/mol. The summed E-state index contributed by atoms with van der Waals surface area (Å²) in [5.41, 5.74) is 2.64. The maximum absolute atomic E-state index is 12.1. The molecule has 1 aromatic rings. The standard InChI is InChI=1S/C16H23NOS2/c1-12-4-5-15(10-13(12)2)20-9-7-16(18)17(3)14-6-8-19-11-14/h4-5,10,14H,6-9,11H2,1-3H3. The number of benzene rings is 1. The first-order valence-electron chi connectivity index (χ1n) is 7.11. The van der Waals surface area contributed by atoms with Crippen LogP contribution in [0.15, 0.2) is 23.1 Å². The Morgan fingerprint density at radius 1 is 1.40 bits per heavy atom. The van der Waals surface area contributed by atoms with E-state index in [1.54, 1.807) is 11.8 Å². The van der Waals surface area contributed by atoms with Crippen molar-refractivity contribution in [3.63, 3.8) is 0 Å². The van der Waals surface area contributed by atoms with Crippen LogP contribution in [-0.2, 0) is 4.79 Å². The molecular formula is C16H23NOS2. The van der Waals surface area contributed by atoms with E-state index in [9.17, 15) is 4.79 Å². The van der Waals surface area contributed by atoms with Crippen LogP contribution in [0.25, 0.3) is 0 Å². The van der Waals surface area contributed by atoms with Gasteiger partial charge in [-0.2, -0.15) is 11.8 Å². The lowest BCUT2D eigenvalue weighted by atomic mass is 10.1. The van der Waals surface area contributed by atoms with Gasteiger partial charge in [0.25, 0.3) is 0 Å². The van der Waals surface area contributed by atoms with Crippen LogP contribution < -0.4 is 0 Å². The molecule has 1 saturated heterocycles. The number of carbonyl (C=O) groups excluding carboxylic acids is 1. The van der Waals surface area contributed by atoms with Crippen molar-refractivity contribution >= 4 is 29.4 Å². The highest BCUT2D eigenvalue weighted by atomic mass is 32.2. The second-order valence-electron chi connectivity index (χ2n) is 5.37. The molecule has 0 aromatic heterocycles. The molecule has 0 spiro atoms. The molecule has 1 unspecified atom stereocenters. The zero-order chi connectivity index (χ0) is 14.5. The molecule has 2 rings (SSSR count). The number of aryl methyl sites for hydroxylation is 2. The zero-order valence-electron chi connectivity index (χ0n) is 12.5. The lowest BCUT2D eigenvalue weighted by molar-refractivity contribution is -0.131. The lowest BCUT2D eigenvalue weighted by Crippen LogP contribution is -2.37. The summed E-state index contributed by atoms with van der Waals surface area (Å²) in [4.78, 5) is 15.4. The summed E-state index contributed by atoms with van der Waals surface area (Å²) in [6.07, 6.45) is 1.78. The van der Waals surface area contributed by atoms with E-state index in [-0.39, 0.29) is 5.91 Å². The first kappa shape index (κ1) is 15.8. The molecule has 1 aromatic carbocycles. The van der Waals surface area contributed by atoms with E-state index in [0.717, 1.165) is 17.9 Å². The van der Waals surface area contributed by atoms with Crippen molar-refractivity contribution in [1.82, 2.24) is 4.90 Å². The largest absolute Gasteiger partial charge is 0.342 e. The molecule has 4 heteroatoms. The Kier molecular flexibility index (Phi) is 5.85. The Bertz CT molecular complexity index is 470. The first-order chi connectivity index (χ1) is 9.58. The Hall–Kier alpha value is -0.610. The van der Waals surface area contributed by atoms with Gasteiger partial charge in [-0.3, -0.25) is 4.79 Å². The van der Waals surface area contributed by atoms with Crippen molar-refractivity contribution in [2.45, 2.75) is 37.6 Å². The van der Waals surface area contributed by atoms with Gasteiger partial charge in [-0.15, -0.1) is 11.8 Å². The molecule has 20 heavy (non-hydrogen) atoms. The van der Waals surface area contributed by atoms with Crippen molar-refractivity contribution in [2.24, 2.45) is 0 Å². The van der Waals surface area contributed by atoms with Crippen molar-refractivity contribution in [3.05, 3.63) is 29.3 Å². The molecule has 0 N–H and O–H groups in total. The van der Waals surface area contributed by atoms with Gasteiger partial charge in [-0.1, -0.05) is 6.07 Å². The van der Waals surface area contributed by atoms with Crippen LogP contribution in [0, 0.1) is 13.8 Å². The maximum atomic E-state index is 12.1. The molecule has 1 atom stereocenters. The number of hydrogen-bond donors (Lipinski definition) is 0. The Morgan fingerprint density at radius 2 is 2.20 bits per heavy atom. The summed E-state index contributed by atoms with van der Waals surface area (Å²) in [7, 11) is 1.96. The van der Waals surface area contributed by atoms with Gasteiger partial charge in [-0.25, -0.2) is 0 Å². The monoisotopic (exact) mass is 309 g/mol. The number of amides is 1. The third-order valence-electron chi connectivity index (χ3n) is 3.91. The van der Waals surface area contributed by atoms with Crippen LogP contribution in [0.3, 0.4) is 0 Å². The third kappa shape index (κ3) is 4.19.